The lowest BCUT2D eigenvalue weighted by Crippen LogP contribution is -2.35. The van der Waals surface area contributed by atoms with Gasteiger partial charge in [-0.2, -0.15) is 0 Å². The largest absolute Gasteiger partial charge is 0.271 e. The molecule has 1 aliphatic carbocycles. The Hall–Kier alpha value is 0.500. The molecule has 0 heterocycles. The first kappa shape index (κ1) is 15.0. The summed E-state index contributed by atoms with van der Waals surface area (Å²) in [6.07, 6.45) is 9.49. The van der Waals surface area contributed by atoms with Crippen molar-refractivity contribution in [3.63, 3.8) is 0 Å². The van der Waals surface area contributed by atoms with Crippen LogP contribution in [-0.4, -0.2) is 6.04 Å². The summed E-state index contributed by atoms with van der Waals surface area (Å²) in [6.45, 7) is 0. The Morgan fingerprint density at radius 3 is 1.67 bits per heavy atom. The van der Waals surface area contributed by atoms with Crippen LogP contribution >= 0.6 is 24.8 Å². The maximum absolute atomic E-state index is 5.37. The maximum atomic E-state index is 5.37. The number of nitrogens with one attached hydrogen (secondary N) is 1. The first-order valence-corrected chi connectivity index (χ1v) is 4.39. The Morgan fingerprint density at radius 1 is 0.833 bits per heavy atom. The molecule has 76 valence electrons. The van der Waals surface area contributed by atoms with Crippen LogP contribution in [0.1, 0.15) is 44.9 Å². The first-order chi connectivity index (χ1) is 4.93. The van der Waals surface area contributed by atoms with Crippen LogP contribution in [0.3, 0.4) is 0 Å². The lowest BCUT2D eigenvalue weighted by atomic mass is 9.97. The van der Waals surface area contributed by atoms with Gasteiger partial charge in [-0.3, -0.25) is 11.3 Å². The molecule has 1 fully saturated rings. The molecule has 0 bridgehead atoms. The molecule has 0 radical (unpaired) electrons. The first-order valence-electron chi connectivity index (χ1n) is 4.39. The van der Waals surface area contributed by atoms with Crippen molar-refractivity contribution in [3.8, 4) is 0 Å². The van der Waals surface area contributed by atoms with Crippen molar-refractivity contribution in [2.75, 3.05) is 0 Å². The van der Waals surface area contributed by atoms with Crippen molar-refractivity contribution in [2.45, 2.75) is 51.0 Å². The van der Waals surface area contributed by atoms with Crippen LogP contribution in [0.2, 0.25) is 0 Å². The summed E-state index contributed by atoms with van der Waals surface area (Å²) < 4.78 is 0. The van der Waals surface area contributed by atoms with Crippen LogP contribution in [0.4, 0.5) is 0 Å². The minimum Gasteiger partial charge on any atom is -0.271 e. The Kier molecular flexibility index (Phi) is 12.0. The van der Waals surface area contributed by atoms with Gasteiger partial charge in [0.1, 0.15) is 0 Å². The number of hydrogen-bond acceptors (Lipinski definition) is 2. The van der Waals surface area contributed by atoms with Gasteiger partial charge in [0.05, 0.1) is 0 Å². The number of hydrogen-bond donors (Lipinski definition) is 2. The Morgan fingerprint density at radius 2 is 1.25 bits per heavy atom. The summed E-state index contributed by atoms with van der Waals surface area (Å²) in [5.74, 6) is 5.37. The molecular weight excluding hydrogens is 195 g/mol. The second-order valence-corrected chi connectivity index (χ2v) is 3.21. The summed E-state index contributed by atoms with van der Waals surface area (Å²) in [4.78, 5) is 0. The standard InChI is InChI=1S/C8H18N2.2ClH/c9-10-8-6-4-2-1-3-5-7-8;;/h8,10H,1-7,9H2;2*1H. The van der Waals surface area contributed by atoms with Gasteiger partial charge in [-0.05, 0) is 12.8 Å². The van der Waals surface area contributed by atoms with E-state index in [4.69, 9.17) is 5.84 Å². The molecule has 0 saturated heterocycles. The van der Waals surface area contributed by atoms with E-state index in [1.165, 1.54) is 44.9 Å². The predicted molar refractivity (Wildman–Crippen MR) is 57.9 cm³/mol. The molecule has 0 aliphatic heterocycles. The van der Waals surface area contributed by atoms with E-state index >= 15 is 0 Å². The lowest BCUT2D eigenvalue weighted by molar-refractivity contribution is 0.396. The number of rotatable bonds is 1. The van der Waals surface area contributed by atoms with Crippen LogP contribution in [0, 0.1) is 0 Å². The third kappa shape index (κ3) is 6.06. The lowest BCUT2D eigenvalue weighted by Gasteiger charge is -2.17. The minimum atomic E-state index is 0. The van der Waals surface area contributed by atoms with E-state index in [0.717, 1.165) is 0 Å². The minimum absolute atomic E-state index is 0. The fourth-order valence-corrected chi connectivity index (χ4v) is 1.62. The van der Waals surface area contributed by atoms with Crippen molar-refractivity contribution < 1.29 is 0 Å². The van der Waals surface area contributed by atoms with Crippen LogP contribution in [0.25, 0.3) is 0 Å². The van der Waals surface area contributed by atoms with Crippen LogP contribution in [0.15, 0.2) is 0 Å². The van der Waals surface area contributed by atoms with E-state index < -0.39 is 0 Å². The molecule has 0 aromatic rings. The molecule has 0 aromatic carbocycles. The van der Waals surface area contributed by atoms with Crippen LogP contribution in [-0.2, 0) is 0 Å². The molecule has 0 spiro atoms. The molecule has 1 saturated carbocycles. The predicted octanol–water partition coefficient (Wildman–Crippen LogP) is 2.41. The summed E-state index contributed by atoms with van der Waals surface area (Å²) in [5, 5.41) is 0. The Balaban J connectivity index is 0. The highest BCUT2D eigenvalue weighted by atomic mass is 35.5. The molecule has 1 aliphatic rings. The quantitative estimate of drug-likeness (QED) is 0.520. The van der Waals surface area contributed by atoms with Crippen molar-refractivity contribution in [1.82, 2.24) is 5.43 Å². The van der Waals surface area contributed by atoms with Crippen LogP contribution in [0.5, 0.6) is 0 Å². The van der Waals surface area contributed by atoms with E-state index in [1.54, 1.807) is 0 Å². The van der Waals surface area contributed by atoms with Gasteiger partial charge in [0, 0.05) is 6.04 Å². The number of hydrazine groups is 1. The molecule has 3 N–H and O–H groups in total. The molecule has 0 unspecified atom stereocenters. The van der Waals surface area contributed by atoms with Gasteiger partial charge >= 0.3 is 0 Å². The van der Waals surface area contributed by atoms with Gasteiger partial charge < -0.3 is 0 Å². The van der Waals surface area contributed by atoms with Crippen LogP contribution < -0.4 is 11.3 Å². The Bertz CT molecular complexity index is 83.1. The second-order valence-electron chi connectivity index (χ2n) is 3.21. The zero-order chi connectivity index (χ0) is 7.23. The molecule has 1 rings (SSSR count). The average Bonchev–Trinajstić information content (AvgIpc) is 1.87. The van der Waals surface area contributed by atoms with E-state index in [2.05, 4.69) is 5.43 Å². The molecule has 0 atom stereocenters. The molecule has 0 aromatic heterocycles. The van der Waals surface area contributed by atoms with Crippen molar-refractivity contribution in [1.29, 1.82) is 0 Å². The fourth-order valence-electron chi connectivity index (χ4n) is 1.62. The summed E-state index contributed by atoms with van der Waals surface area (Å²) >= 11 is 0. The normalized spacial score (nSPS) is 19.8. The van der Waals surface area contributed by atoms with Crippen molar-refractivity contribution in [2.24, 2.45) is 5.84 Å². The van der Waals surface area contributed by atoms with Gasteiger partial charge in [0.15, 0.2) is 0 Å². The number of halogens is 2. The van der Waals surface area contributed by atoms with E-state index in [0.29, 0.717) is 6.04 Å². The molecule has 12 heavy (non-hydrogen) atoms. The molecule has 0 amide bonds. The smallest absolute Gasteiger partial charge is 0.0210 e. The highest BCUT2D eigenvalue weighted by molar-refractivity contribution is 5.85. The molecule has 2 nitrogen and oxygen atoms in total. The zero-order valence-electron chi connectivity index (χ0n) is 7.42. The van der Waals surface area contributed by atoms with E-state index in [1.807, 2.05) is 0 Å². The molecule has 4 heteroatoms. The van der Waals surface area contributed by atoms with Gasteiger partial charge in [-0.1, -0.05) is 32.1 Å². The SMILES string of the molecule is Cl.Cl.NNC1CCCCCCC1. The van der Waals surface area contributed by atoms with E-state index in [9.17, 15) is 0 Å². The third-order valence-electron chi connectivity index (χ3n) is 2.34. The Labute approximate surface area is 87.5 Å². The monoisotopic (exact) mass is 214 g/mol. The summed E-state index contributed by atoms with van der Waals surface area (Å²) in [6, 6.07) is 0.597. The van der Waals surface area contributed by atoms with Gasteiger partial charge in [-0.15, -0.1) is 24.8 Å². The average molecular weight is 215 g/mol. The number of nitrogens with two attached hydrogens (primary N) is 1. The third-order valence-corrected chi connectivity index (χ3v) is 2.34. The summed E-state index contributed by atoms with van der Waals surface area (Å²) in [5.41, 5.74) is 2.87. The zero-order valence-corrected chi connectivity index (χ0v) is 9.05. The van der Waals surface area contributed by atoms with Gasteiger partial charge in [0.2, 0.25) is 0 Å². The summed E-state index contributed by atoms with van der Waals surface area (Å²) in [7, 11) is 0. The van der Waals surface area contributed by atoms with Gasteiger partial charge in [0.25, 0.3) is 0 Å². The van der Waals surface area contributed by atoms with Gasteiger partial charge in [-0.25, -0.2) is 0 Å². The highest BCUT2D eigenvalue weighted by Gasteiger charge is 2.07. The second kappa shape index (κ2) is 9.59. The van der Waals surface area contributed by atoms with Crippen molar-refractivity contribution >= 4 is 24.8 Å². The maximum Gasteiger partial charge on any atom is 0.0210 e. The fraction of sp³-hybridized carbons (Fsp3) is 1.00. The molecular formula is C8H20Cl2N2. The van der Waals surface area contributed by atoms with E-state index in [-0.39, 0.29) is 24.8 Å². The van der Waals surface area contributed by atoms with Crippen molar-refractivity contribution in [3.05, 3.63) is 0 Å². The topological polar surface area (TPSA) is 38.0 Å². The highest BCUT2D eigenvalue weighted by Crippen LogP contribution is 2.16.